The van der Waals surface area contributed by atoms with Crippen molar-refractivity contribution in [2.75, 3.05) is 11.1 Å². The summed E-state index contributed by atoms with van der Waals surface area (Å²) in [6.07, 6.45) is 1.70. The zero-order chi connectivity index (χ0) is 16.4. The van der Waals surface area contributed by atoms with Crippen molar-refractivity contribution in [1.29, 1.82) is 0 Å². The largest absolute Gasteiger partial charge is 0.381 e. The molecule has 4 N–H and O–H groups in total. The zero-order valence-electron chi connectivity index (χ0n) is 12.9. The van der Waals surface area contributed by atoms with E-state index >= 15 is 0 Å². The van der Waals surface area contributed by atoms with E-state index in [1.165, 1.54) is 5.56 Å². The molecule has 0 aliphatic carbocycles. The van der Waals surface area contributed by atoms with Gasteiger partial charge in [-0.2, -0.15) is 10.1 Å². The second-order valence-corrected chi connectivity index (χ2v) is 5.48. The molecule has 0 radical (unpaired) electrons. The van der Waals surface area contributed by atoms with Crippen LogP contribution in [-0.4, -0.2) is 20.2 Å². The van der Waals surface area contributed by atoms with Crippen molar-refractivity contribution >= 4 is 22.7 Å². The third-order valence-corrected chi connectivity index (χ3v) is 3.82. The number of H-pyrrole nitrogens is 1. The topological polar surface area (TPSA) is 92.5 Å². The first-order chi connectivity index (χ1) is 11.8. The van der Waals surface area contributed by atoms with E-state index in [1.807, 2.05) is 36.4 Å². The molecule has 0 unspecified atom stereocenters. The minimum Gasteiger partial charge on any atom is -0.381 e. The van der Waals surface area contributed by atoms with Gasteiger partial charge in [0.2, 0.25) is 5.95 Å². The number of rotatable bonds is 4. The Morgan fingerprint density at radius 3 is 2.79 bits per heavy atom. The van der Waals surface area contributed by atoms with Gasteiger partial charge in [0.05, 0.1) is 11.1 Å². The summed E-state index contributed by atoms with van der Waals surface area (Å²) in [6.45, 7) is 0.771. The Balaban J connectivity index is 1.62. The highest BCUT2D eigenvalue weighted by Gasteiger charge is 2.10. The number of aromatic nitrogens is 4. The van der Waals surface area contributed by atoms with Crippen LogP contribution in [0.4, 0.5) is 11.6 Å². The third-order valence-electron chi connectivity index (χ3n) is 3.82. The molecule has 0 saturated heterocycles. The molecule has 6 heteroatoms. The van der Waals surface area contributed by atoms with E-state index in [9.17, 15) is 0 Å². The zero-order valence-corrected chi connectivity index (χ0v) is 12.9. The standard InChI is InChI=1S/C18H16N6/c19-18-21-11-15-16(23-24-17(15)22-18)13-7-4-8-14(9-13)20-10-12-5-2-1-3-6-12/h1-9,11,20H,10H2,(H3,19,21,22,23,24). The molecule has 2 heterocycles. The fraction of sp³-hybridized carbons (Fsp3) is 0.0556. The monoisotopic (exact) mass is 316 g/mol. The number of benzene rings is 2. The van der Waals surface area contributed by atoms with E-state index in [1.54, 1.807) is 6.20 Å². The SMILES string of the molecule is Nc1ncc2c(-c3cccc(NCc4ccccc4)c3)[nH]nc2n1. The van der Waals surface area contributed by atoms with Crippen molar-refractivity contribution in [3.63, 3.8) is 0 Å². The normalized spacial score (nSPS) is 10.8. The lowest BCUT2D eigenvalue weighted by molar-refractivity contribution is 1.09. The molecule has 2 aromatic heterocycles. The van der Waals surface area contributed by atoms with E-state index in [-0.39, 0.29) is 5.95 Å². The lowest BCUT2D eigenvalue weighted by Crippen LogP contribution is -1.99. The highest BCUT2D eigenvalue weighted by atomic mass is 15.2. The summed E-state index contributed by atoms with van der Waals surface area (Å²) in [6, 6.07) is 18.4. The van der Waals surface area contributed by atoms with Crippen molar-refractivity contribution in [3.05, 3.63) is 66.4 Å². The number of fused-ring (bicyclic) bond motifs is 1. The number of anilines is 2. The quantitative estimate of drug-likeness (QED) is 0.537. The maximum Gasteiger partial charge on any atom is 0.222 e. The predicted octanol–water partition coefficient (Wildman–Crippen LogP) is 3.21. The van der Waals surface area contributed by atoms with Gasteiger partial charge in [-0.05, 0) is 17.7 Å². The van der Waals surface area contributed by atoms with Crippen LogP contribution in [0, 0.1) is 0 Å². The van der Waals surface area contributed by atoms with Crippen LogP contribution in [0.5, 0.6) is 0 Å². The minimum absolute atomic E-state index is 0.221. The molecule has 4 rings (SSSR count). The van der Waals surface area contributed by atoms with Gasteiger partial charge < -0.3 is 11.1 Å². The van der Waals surface area contributed by atoms with Gasteiger partial charge in [0.15, 0.2) is 5.65 Å². The molecule has 0 aliphatic heterocycles. The maximum atomic E-state index is 5.60. The summed E-state index contributed by atoms with van der Waals surface area (Å²) in [4.78, 5) is 8.18. The van der Waals surface area contributed by atoms with Crippen LogP contribution in [0.15, 0.2) is 60.8 Å². The lowest BCUT2D eigenvalue weighted by atomic mass is 10.1. The van der Waals surface area contributed by atoms with E-state index in [4.69, 9.17) is 5.73 Å². The third kappa shape index (κ3) is 2.77. The molecule has 24 heavy (non-hydrogen) atoms. The first kappa shape index (κ1) is 14.2. The summed E-state index contributed by atoms with van der Waals surface area (Å²) in [5, 5.41) is 11.5. The van der Waals surface area contributed by atoms with Gasteiger partial charge in [-0.1, -0.05) is 42.5 Å². The Bertz CT molecular complexity index is 977. The van der Waals surface area contributed by atoms with Crippen LogP contribution in [0.25, 0.3) is 22.3 Å². The van der Waals surface area contributed by atoms with E-state index in [0.717, 1.165) is 28.9 Å². The molecule has 0 amide bonds. The van der Waals surface area contributed by atoms with Crippen LogP contribution < -0.4 is 11.1 Å². The molecule has 4 aromatic rings. The first-order valence-corrected chi connectivity index (χ1v) is 7.64. The second kappa shape index (κ2) is 6.00. The van der Waals surface area contributed by atoms with Crippen molar-refractivity contribution in [1.82, 2.24) is 20.2 Å². The summed E-state index contributed by atoms with van der Waals surface area (Å²) in [7, 11) is 0. The smallest absolute Gasteiger partial charge is 0.222 e. The molecule has 118 valence electrons. The second-order valence-electron chi connectivity index (χ2n) is 5.48. The molecule has 0 spiro atoms. The van der Waals surface area contributed by atoms with Gasteiger partial charge >= 0.3 is 0 Å². The Hall–Kier alpha value is -3.41. The van der Waals surface area contributed by atoms with Crippen molar-refractivity contribution in [2.24, 2.45) is 0 Å². The summed E-state index contributed by atoms with van der Waals surface area (Å²) >= 11 is 0. The highest BCUT2D eigenvalue weighted by molar-refractivity contribution is 5.91. The molecule has 0 bridgehead atoms. The minimum atomic E-state index is 0.221. The average Bonchev–Trinajstić information content (AvgIpc) is 3.04. The van der Waals surface area contributed by atoms with Gasteiger partial charge in [0, 0.05) is 24.0 Å². The Labute approximate surface area is 138 Å². The Morgan fingerprint density at radius 1 is 1.04 bits per heavy atom. The number of nitrogen functional groups attached to an aromatic ring is 1. The van der Waals surface area contributed by atoms with Crippen LogP contribution in [0.1, 0.15) is 5.56 Å². The molecule has 0 fully saturated rings. The number of nitrogens with one attached hydrogen (secondary N) is 2. The van der Waals surface area contributed by atoms with Crippen LogP contribution in [-0.2, 0) is 6.54 Å². The Kier molecular flexibility index (Phi) is 3.55. The van der Waals surface area contributed by atoms with E-state index in [0.29, 0.717) is 5.65 Å². The van der Waals surface area contributed by atoms with Crippen molar-refractivity contribution < 1.29 is 0 Å². The predicted molar refractivity (Wildman–Crippen MR) is 95.3 cm³/mol. The van der Waals surface area contributed by atoms with Crippen LogP contribution in [0.3, 0.4) is 0 Å². The van der Waals surface area contributed by atoms with Gasteiger partial charge in [-0.25, -0.2) is 4.98 Å². The molecular formula is C18H16N6. The number of hydrogen-bond acceptors (Lipinski definition) is 5. The first-order valence-electron chi connectivity index (χ1n) is 7.64. The van der Waals surface area contributed by atoms with Gasteiger partial charge in [0.25, 0.3) is 0 Å². The van der Waals surface area contributed by atoms with Crippen LogP contribution >= 0.6 is 0 Å². The van der Waals surface area contributed by atoms with E-state index < -0.39 is 0 Å². The summed E-state index contributed by atoms with van der Waals surface area (Å²) < 4.78 is 0. The molecule has 0 saturated carbocycles. The number of nitrogens with zero attached hydrogens (tertiary/aromatic N) is 3. The van der Waals surface area contributed by atoms with Crippen molar-refractivity contribution in [2.45, 2.75) is 6.54 Å². The van der Waals surface area contributed by atoms with E-state index in [2.05, 4.69) is 43.7 Å². The molecule has 0 atom stereocenters. The van der Waals surface area contributed by atoms with Crippen LogP contribution in [0.2, 0.25) is 0 Å². The summed E-state index contributed by atoms with van der Waals surface area (Å²) in [5.74, 6) is 0.221. The van der Waals surface area contributed by atoms with Gasteiger partial charge in [-0.15, -0.1) is 0 Å². The Morgan fingerprint density at radius 2 is 1.92 bits per heavy atom. The fourth-order valence-corrected chi connectivity index (χ4v) is 2.62. The maximum absolute atomic E-state index is 5.60. The van der Waals surface area contributed by atoms with Gasteiger partial charge in [-0.3, -0.25) is 5.10 Å². The lowest BCUT2D eigenvalue weighted by Gasteiger charge is -2.08. The number of nitrogens with two attached hydrogens (primary N) is 1. The number of aromatic amines is 1. The van der Waals surface area contributed by atoms with Crippen molar-refractivity contribution in [3.8, 4) is 11.3 Å². The number of hydrogen-bond donors (Lipinski definition) is 3. The average molecular weight is 316 g/mol. The molecule has 2 aromatic carbocycles. The summed E-state index contributed by atoms with van der Waals surface area (Å²) in [5.41, 5.74) is 10.3. The highest BCUT2D eigenvalue weighted by Crippen LogP contribution is 2.27. The van der Waals surface area contributed by atoms with Gasteiger partial charge in [0.1, 0.15) is 0 Å². The fourth-order valence-electron chi connectivity index (χ4n) is 2.62. The molecule has 0 aliphatic rings. The molecular weight excluding hydrogens is 300 g/mol. The molecule has 6 nitrogen and oxygen atoms in total.